The highest BCUT2D eigenvalue weighted by Gasteiger charge is 2.33. The summed E-state index contributed by atoms with van der Waals surface area (Å²) in [4.78, 5) is 16.8. The number of carbonyl (C=O) groups excluding carboxylic acids is 1. The minimum absolute atomic E-state index is 0. The molecule has 1 N–H and O–H groups in total. The van der Waals surface area contributed by atoms with Gasteiger partial charge in [-0.25, -0.2) is 4.39 Å². The topological polar surface area (TPSA) is 54.0 Å². The zero-order valence-electron chi connectivity index (χ0n) is 15.7. The van der Waals surface area contributed by atoms with Crippen molar-refractivity contribution in [3.05, 3.63) is 29.6 Å². The highest BCUT2D eigenvalue weighted by atomic mass is 35.5. The van der Waals surface area contributed by atoms with Gasteiger partial charge in [0.2, 0.25) is 5.91 Å². The average Bonchev–Trinajstić information content (AvgIpc) is 2.62. The van der Waals surface area contributed by atoms with Crippen molar-refractivity contribution in [3.8, 4) is 5.75 Å². The molecule has 2 aliphatic rings. The van der Waals surface area contributed by atoms with Gasteiger partial charge in [-0.1, -0.05) is 0 Å². The molecule has 2 saturated heterocycles. The van der Waals surface area contributed by atoms with Gasteiger partial charge >= 0.3 is 0 Å². The fourth-order valence-corrected chi connectivity index (χ4v) is 3.44. The van der Waals surface area contributed by atoms with Crippen molar-refractivity contribution in [3.63, 3.8) is 0 Å². The molecule has 0 radical (unpaired) electrons. The second-order valence-electron chi connectivity index (χ2n) is 6.57. The van der Waals surface area contributed by atoms with Gasteiger partial charge in [-0.05, 0) is 25.1 Å². The van der Waals surface area contributed by atoms with Crippen LogP contribution < -0.4 is 10.1 Å². The summed E-state index contributed by atoms with van der Waals surface area (Å²) in [5.41, 5.74) is 0.832. The van der Waals surface area contributed by atoms with Gasteiger partial charge in [0.1, 0.15) is 17.6 Å². The van der Waals surface area contributed by atoms with E-state index in [1.54, 1.807) is 13.2 Å². The number of nitrogens with zero attached hydrogens (tertiary/aromatic N) is 2. The fraction of sp³-hybridized carbons (Fsp3) is 0.611. The second kappa shape index (κ2) is 11.0. The van der Waals surface area contributed by atoms with Crippen molar-refractivity contribution in [1.29, 1.82) is 0 Å². The van der Waals surface area contributed by atoms with Gasteiger partial charge in [-0.3, -0.25) is 9.69 Å². The Hall–Kier alpha value is -1.12. The van der Waals surface area contributed by atoms with E-state index in [1.165, 1.54) is 12.1 Å². The average molecular weight is 424 g/mol. The van der Waals surface area contributed by atoms with Crippen LogP contribution in [0.2, 0.25) is 0 Å². The summed E-state index contributed by atoms with van der Waals surface area (Å²) in [6.45, 7) is 6.75. The molecule has 0 aliphatic carbocycles. The Labute approximate surface area is 172 Å². The lowest BCUT2D eigenvalue weighted by atomic mass is 10.1. The number of carbonyl (C=O) groups is 1. The van der Waals surface area contributed by atoms with Gasteiger partial charge in [0.25, 0.3) is 0 Å². The third-order valence-electron chi connectivity index (χ3n) is 4.90. The van der Waals surface area contributed by atoms with Crippen molar-refractivity contribution in [1.82, 2.24) is 15.1 Å². The molecular weight excluding hydrogens is 396 g/mol. The number of ether oxygens (including phenoxy) is 2. The van der Waals surface area contributed by atoms with Crippen molar-refractivity contribution in [2.75, 3.05) is 46.4 Å². The summed E-state index contributed by atoms with van der Waals surface area (Å²) < 4.78 is 24.4. The monoisotopic (exact) mass is 423 g/mol. The summed E-state index contributed by atoms with van der Waals surface area (Å²) in [7, 11) is 1.59. The molecule has 154 valence electrons. The van der Waals surface area contributed by atoms with E-state index in [1.807, 2.05) is 11.8 Å². The smallest absolute Gasteiger partial charge is 0.242 e. The number of hydrogen-bond donors (Lipinski definition) is 1. The third-order valence-corrected chi connectivity index (χ3v) is 4.90. The normalized spacial score (nSPS) is 23.1. The zero-order valence-corrected chi connectivity index (χ0v) is 17.3. The van der Waals surface area contributed by atoms with Crippen LogP contribution in [0, 0.1) is 5.82 Å². The van der Waals surface area contributed by atoms with Crippen LogP contribution in [0.1, 0.15) is 12.5 Å². The maximum absolute atomic E-state index is 13.5. The molecule has 1 amide bonds. The van der Waals surface area contributed by atoms with Crippen molar-refractivity contribution < 1.29 is 18.7 Å². The van der Waals surface area contributed by atoms with E-state index in [-0.39, 0.29) is 48.7 Å². The molecule has 0 bridgehead atoms. The van der Waals surface area contributed by atoms with E-state index >= 15 is 0 Å². The first-order valence-corrected chi connectivity index (χ1v) is 8.77. The molecule has 2 heterocycles. The van der Waals surface area contributed by atoms with Crippen LogP contribution in [0.4, 0.5) is 4.39 Å². The number of piperazine rings is 1. The lowest BCUT2D eigenvalue weighted by Gasteiger charge is -2.38. The lowest BCUT2D eigenvalue weighted by molar-refractivity contribution is -0.141. The van der Waals surface area contributed by atoms with Crippen LogP contribution in [0.25, 0.3) is 0 Å². The van der Waals surface area contributed by atoms with Gasteiger partial charge in [0.05, 0.1) is 19.8 Å². The summed E-state index contributed by atoms with van der Waals surface area (Å²) >= 11 is 0. The lowest BCUT2D eigenvalue weighted by Crippen LogP contribution is -2.59. The number of rotatable bonds is 4. The van der Waals surface area contributed by atoms with E-state index in [2.05, 4.69) is 10.2 Å². The third kappa shape index (κ3) is 5.93. The van der Waals surface area contributed by atoms with E-state index in [0.29, 0.717) is 38.5 Å². The Bertz CT molecular complexity index is 616. The van der Waals surface area contributed by atoms with Crippen LogP contribution in [-0.2, 0) is 16.1 Å². The minimum atomic E-state index is -0.262. The van der Waals surface area contributed by atoms with Crippen molar-refractivity contribution >= 4 is 30.7 Å². The van der Waals surface area contributed by atoms with Gasteiger partial charge in [-0.2, -0.15) is 0 Å². The maximum Gasteiger partial charge on any atom is 0.242 e. The molecule has 6 nitrogen and oxygen atoms in total. The Morgan fingerprint density at radius 1 is 1.30 bits per heavy atom. The number of amides is 1. The fourth-order valence-electron chi connectivity index (χ4n) is 3.44. The standard InChI is InChI=1S/C18H26FN3O3.2ClH/c1-13-17(20-5-10-25-13)18(23)22-8-6-21(7-9-22)12-14-11-15(19)3-4-16(14)24-2;;/h3-4,11,13,17,20H,5-10,12H2,1-2H3;2*1H/t13-,17+;;/m1../s1. The highest BCUT2D eigenvalue weighted by Crippen LogP contribution is 2.22. The maximum atomic E-state index is 13.5. The molecule has 0 saturated carbocycles. The second-order valence-corrected chi connectivity index (χ2v) is 6.57. The number of benzene rings is 1. The summed E-state index contributed by atoms with van der Waals surface area (Å²) in [6.07, 6.45) is -0.101. The zero-order chi connectivity index (χ0) is 17.8. The summed E-state index contributed by atoms with van der Waals surface area (Å²) in [5.74, 6) is 0.537. The molecule has 27 heavy (non-hydrogen) atoms. The van der Waals surface area contributed by atoms with Gasteiger partial charge < -0.3 is 19.7 Å². The first-order chi connectivity index (χ1) is 12.1. The molecule has 1 aromatic rings. The Morgan fingerprint density at radius 2 is 2.00 bits per heavy atom. The Balaban J connectivity index is 0.00000182. The number of hydrogen-bond acceptors (Lipinski definition) is 5. The van der Waals surface area contributed by atoms with Gasteiger partial charge in [0, 0.05) is 44.8 Å². The van der Waals surface area contributed by atoms with Crippen LogP contribution >= 0.6 is 24.8 Å². The number of methoxy groups -OCH3 is 1. The van der Waals surface area contributed by atoms with Crippen LogP contribution in [0.5, 0.6) is 5.75 Å². The van der Waals surface area contributed by atoms with Crippen LogP contribution in [0.3, 0.4) is 0 Å². The van der Waals surface area contributed by atoms with Crippen LogP contribution in [-0.4, -0.2) is 74.3 Å². The van der Waals surface area contributed by atoms with Gasteiger partial charge in [-0.15, -0.1) is 24.8 Å². The molecular formula is C18H28Cl2FN3O3. The quantitative estimate of drug-likeness (QED) is 0.798. The highest BCUT2D eigenvalue weighted by molar-refractivity contribution is 5.85. The molecule has 9 heteroatoms. The largest absolute Gasteiger partial charge is 0.496 e. The Morgan fingerprint density at radius 3 is 2.63 bits per heavy atom. The van der Waals surface area contributed by atoms with E-state index in [0.717, 1.165) is 18.7 Å². The molecule has 2 fully saturated rings. The minimum Gasteiger partial charge on any atom is -0.496 e. The number of halogens is 3. The first kappa shape index (κ1) is 23.9. The molecule has 2 atom stereocenters. The molecule has 0 spiro atoms. The summed E-state index contributed by atoms with van der Waals surface area (Å²) in [6, 6.07) is 4.31. The van der Waals surface area contributed by atoms with E-state index in [9.17, 15) is 9.18 Å². The first-order valence-electron chi connectivity index (χ1n) is 8.77. The van der Waals surface area contributed by atoms with Crippen molar-refractivity contribution in [2.45, 2.75) is 25.6 Å². The summed E-state index contributed by atoms with van der Waals surface area (Å²) in [5, 5.41) is 3.25. The number of nitrogens with one attached hydrogen (secondary N) is 1. The Kier molecular flexibility index (Phi) is 9.76. The predicted octanol–water partition coefficient (Wildman–Crippen LogP) is 1.70. The molecule has 3 rings (SSSR count). The number of morpholine rings is 1. The molecule has 0 unspecified atom stereocenters. The molecule has 2 aliphatic heterocycles. The van der Waals surface area contributed by atoms with Crippen LogP contribution in [0.15, 0.2) is 18.2 Å². The van der Waals surface area contributed by atoms with E-state index in [4.69, 9.17) is 9.47 Å². The molecule has 0 aromatic heterocycles. The van der Waals surface area contributed by atoms with Crippen molar-refractivity contribution in [2.24, 2.45) is 0 Å². The molecule has 1 aromatic carbocycles. The van der Waals surface area contributed by atoms with E-state index < -0.39 is 0 Å². The SMILES string of the molecule is COc1ccc(F)cc1CN1CCN(C(=O)[C@H]2NCCO[C@@H]2C)CC1.Cl.Cl. The van der Waals surface area contributed by atoms with Gasteiger partial charge in [0.15, 0.2) is 0 Å². The predicted molar refractivity (Wildman–Crippen MR) is 107 cm³/mol.